The van der Waals surface area contributed by atoms with E-state index in [1.54, 1.807) is 0 Å². The van der Waals surface area contributed by atoms with Crippen molar-refractivity contribution in [3.05, 3.63) is 89.5 Å². The van der Waals surface area contributed by atoms with Crippen LogP contribution in [0.3, 0.4) is 0 Å². The smallest absolute Gasteiger partial charge is 0.292 e. The van der Waals surface area contributed by atoms with E-state index in [0.29, 0.717) is 23.7 Å². The van der Waals surface area contributed by atoms with Gasteiger partial charge in [-0.2, -0.15) is 0 Å². The third kappa shape index (κ3) is 9.58. The average Bonchev–Trinajstić information content (AvgIpc) is 3.08. The van der Waals surface area contributed by atoms with Crippen LogP contribution < -0.4 is 24.8 Å². The molecule has 0 aromatic heterocycles. The number of nitrogens with one attached hydrogen (secondary N) is 2. The predicted molar refractivity (Wildman–Crippen MR) is 175 cm³/mol. The van der Waals surface area contributed by atoms with Crippen LogP contribution in [0.25, 0.3) is 0 Å². The lowest BCUT2D eigenvalue weighted by atomic mass is 9.88. The molecular formula is C37H46N2O6. The van der Waals surface area contributed by atoms with Crippen molar-refractivity contribution in [2.75, 3.05) is 21.3 Å². The van der Waals surface area contributed by atoms with Crippen molar-refractivity contribution in [1.82, 2.24) is 10.6 Å². The zero-order valence-electron chi connectivity index (χ0n) is 26.7. The molecule has 0 radical (unpaired) electrons. The summed E-state index contributed by atoms with van der Waals surface area (Å²) < 4.78 is 16.0. The number of methoxy groups -OCH3 is 3. The molecule has 1 aliphatic rings. The summed E-state index contributed by atoms with van der Waals surface area (Å²) in [5.74, 6) is -0.603. The first-order chi connectivity index (χ1) is 21.9. The van der Waals surface area contributed by atoms with Gasteiger partial charge in [0.15, 0.2) is 11.5 Å². The highest BCUT2D eigenvalue weighted by Crippen LogP contribution is 2.38. The molecule has 0 heterocycles. The summed E-state index contributed by atoms with van der Waals surface area (Å²) in [6.45, 7) is 0. The van der Waals surface area contributed by atoms with Gasteiger partial charge in [0.05, 0.1) is 21.3 Å². The van der Waals surface area contributed by atoms with Gasteiger partial charge in [-0.25, -0.2) is 0 Å². The molecule has 8 nitrogen and oxygen atoms in total. The van der Waals surface area contributed by atoms with Gasteiger partial charge in [-0.1, -0.05) is 73.5 Å². The number of ether oxygens (including phenoxy) is 3. The average molecular weight is 615 g/mol. The van der Waals surface area contributed by atoms with Crippen LogP contribution in [0.2, 0.25) is 0 Å². The minimum Gasteiger partial charge on any atom is -0.493 e. The lowest BCUT2D eigenvalue weighted by Crippen LogP contribution is -2.55. The Morgan fingerprint density at radius 2 is 1.20 bits per heavy atom. The van der Waals surface area contributed by atoms with Gasteiger partial charge < -0.3 is 24.8 Å². The van der Waals surface area contributed by atoms with Crippen LogP contribution in [0.5, 0.6) is 17.2 Å². The van der Waals surface area contributed by atoms with E-state index in [1.807, 2.05) is 36.4 Å². The normalized spacial score (nSPS) is 16.1. The summed E-state index contributed by atoms with van der Waals surface area (Å²) >= 11 is 0. The van der Waals surface area contributed by atoms with Gasteiger partial charge in [0.1, 0.15) is 0 Å². The summed E-state index contributed by atoms with van der Waals surface area (Å²) in [4.78, 5) is 40.2. The SMILES string of the molecule is COc1cc(C(=O)C(=O)N[C@@H]2CCCC[C@H]2NC(=O)C(CCCc2ccccc2)CCCc2ccccc2)cc(OC)c1OC. The number of hydrogen-bond donors (Lipinski definition) is 2. The van der Waals surface area contributed by atoms with E-state index in [4.69, 9.17) is 14.2 Å². The van der Waals surface area contributed by atoms with Gasteiger partial charge in [-0.3, -0.25) is 14.4 Å². The second-order valence-corrected chi connectivity index (χ2v) is 11.7. The molecule has 240 valence electrons. The van der Waals surface area contributed by atoms with Gasteiger partial charge in [-0.15, -0.1) is 0 Å². The summed E-state index contributed by atoms with van der Waals surface area (Å²) in [5, 5.41) is 6.21. The van der Waals surface area contributed by atoms with Crippen LogP contribution in [-0.2, 0) is 22.4 Å². The topological polar surface area (TPSA) is 103 Å². The number of carbonyl (C=O) groups is 3. The number of ketones is 1. The highest BCUT2D eigenvalue weighted by atomic mass is 16.5. The number of rotatable bonds is 16. The van der Waals surface area contributed by atoms with E-state index in [2.05, 4.69) is 34.9 Å². The molecule has 4 rings (SSSR count). The van der Waals surface area contributed by atoms with E-state index in [9.17, 15) is 14.4 Å². The second-order valence-electron chi connectivity index (χ2n) is 11.7. The molecule has 3 aromatic rings. The number of Topliss-reactive ketones (excluding diaryl/α,β-unsaturated/α-hetero) is 1. The molecule has 2 amide bonds. The Kier molecular flexibility index (Phi) is 12.9. The summed E-state index contributed by atoms with van der Waals surface area (Å²) in [5.41, 5.74) is 2.68. The van der Waals surface area contributed by atoms with Crippen molar-refractivity contribution in [3.8, 4) is 17.2 Å². The van der Waals surface area contributed by atoms with E-state index in [-0.39, 0.29) is 29.5 Å². The van der Waals surface area contributed by atoms with E-state index >= 15 is 0 Å². The minimum absolute atomic E-state index is 0.0261. The van der Waals surface area contributed by atoms with Crippen molar-refractivity contribution >= 4 is 17.6 Å². The Balaban J connectivity index is 1.40. The molecule has 2 atom stereocenters. The lowest BCUT2D eigenvalue weighted by molar-refractivity contribution is -0.127. The maximum absolute atomic E-state index is 13.8. The quantitative estimate of drug-likeness (QED) is 0.149. The number of aryl methyl sites for hydroxylation is 2. The summed E-state index contributed by atoms with van der Waals surface area (Å²) in [6.07, 6.45) is 8.56. The van der Waals surface area contributed by atoms with Crippen LogP contribution in [0.1, 0.15) is 72.9 Å². The maximum atomic E-state index is 13.8. The molecular weight excluding hydrogens is 568 g/mol. The first-order valence-electron chi connectivity index (χ1n) is 16.0. The van der Waals surface area contributed by atoms with Crippen LogP contribution >= 0.6 is 0 Å². The molecule has 0 bridgehead atoms. The molecule has 0 unspecified atom stereocenters. The minimum atomic E-state index is -0.724. The number of carbonyl (C=O) groups excluding carboxylic acids is 3. The molecule has 0 saturated heterocycles. The molecule has 3 aromatic carbocycles. The number of benzene rings is 3. The third-order valence-corrected chi connectivity index (χ3v) is 8.64. The highest BCUT2D eigenvalue weighted by molar-refractivity contribution is 6.43. The predicted octanol–water partition coefficient (Wildman–Crippen LogP) is 6.10. The maximum Gasteiger partial charge on any atom is 0.292 e. The van der Waals surface area contributed by atoms with Crippen molar-refractivity contribution < 1.29 is 28.6 Å². The van der Waals surface area contributed by atoms with Crippen LogP contribution in [0.4, 0.5) is 0 Å². The third-order valence-electron chi connectivity index (χ3n) is 8.64. The summed E-state index contributed by atoms with van der Waals surface area (Å²) in [7, 11) is 4.39. The fourth-order valence-corrected chi connectivity index (χ4v) is 6.16. The molecule has 0 aliphatic heterocycles. The Bertz CT molecular complexity index is 1320. The molecule has 8 heteroatoms. The van der Waals surface area contributed by atoms with E-state index < -0.39 is 11.7 Å². The first-order valence-corrected chi connectivity index (χ1v) is 16.0. The fourth-order valence-electron chi connectivity index (χ4n) is 6.16. The van der Waals surface area contributed by atoms with Gasteiger partial charge >= 0.3 is 0 Å². The molecule has 1 saturated carbocycles. The van der Waals surface area contributed by atoms with Gasteiger partial charge in [0, 0.05) is 23.6 Å². The molecule has 1 aliphatic carbocycles. The molecule has 45 heavy (non-hydrogen) atoms. The summed E-state index contributed by atoms with van der Waals surface area (Å²) in [6, 6.07) is 23.1. The zero-order valence-corrected chi connectivity index (χ0v) is 26.7. The molecule has 2 N–H and O–H groups in total. The van der Waals surface area contributed by atoms with Crippen LogP contribution in [-0.4, -0.2) is 51.0 Å². The van der Waals surface area contributed by atoms with Crippen molar-refractivity contribution in [2.45, 2.75) is 76.3 Å². The van der Waals surface area contributed by atoms with E-state index in [0.717, 1.165) is 57.8 Å². The second kappa shape index (κ2) is 17.2. The fraction of sp³-hybridized carbons (Fsp3) is 0.432. The number of hydrogen-bond acceptors (Lipinski definition) is 6. The number of amides is 2. The molecule has 1 fully saturated rings. The molecule has 0 spiro atoms. The standard InChI is InChI=1S/C37H46N2O6/c1-43-32-24-29(25-33(44-2)35(32)45-3)34(40)37(42)39-31-23-11-10-22-30(31)38-36(41)28(20-12-18-26-14-6-4-7-15-26)21-13-19-27-16-8-5-9-17-27/h4-9,14-17,24-25,28,30-31H,10-13,18-23H2,1-3H3,(H,38,41)(H,39,42)/t30-,31-/m1/s1. The van der Waals surface area contributed by atoms with Gasteiger partial charge in [0.25, 0.3) is 5.91 Å². The first kappa shape index (κ1) is 33.6. The van der Waals surface area contributed by atoms with Gasteiger partial charge in [0.2, 0.25) is 17.4 Å². The van der Waals surface area contributed by atoms with Crippen LogP contribution in [0.15, 0.2) is 72.8 Å². The zero-order chi connectivity index (χ0) is 32.0. The Morgan fingerprint density at radius 3 is 1.67 bits per heavy atom. The Labute approximate surface area is 266 Å². The lowest BCUT2D eigenvalue weighted by Gasteiger charge is -2.33. The highest BCUT2D eigenvalue weighted by Gasteiger charge is 2.32. The Hall–Kier alpha value is -4.33. The Morgan fingerprint density at radius 1 is 0.711 bits per heavy atom. The van der Waals surface area contributed by atoms with Crippen molar-refractivity contribution in [1.29, 1.82) is 0 Å². The monoisotopic (exact) mass is 614 g/mol. The van der Waals surface area contributed by atoms with E-state index in [1.165, 1.54) is 44.6 Å². The van der Waals surface area contributed by atoms with Gasteiger partial charge in [-0.05, 0) is 74.6 Å². The largest absolute Gasteiger partial charge is 0.493 e. The van der Waals surface area contributed by atoms with Crippen molar-refractivity contribution in [2.24, 2.45) is 5.92 Å². The van der Waals surface area contributed by atoms with Crippen molar-refractivity contribution in [3.63, 3.8) is 0 Å². The van der Waals surface area contributed by atoms with Crippen LogP contribution in [0, 0.1) is 5.92 Å².